The Morgan fingerprint density at radius 1 is 1.03 bits per heavy atom. The number of ether oxygens (including phenoxy) is 1. The zero-order valence-corrected chi connectivity index (χ0v) is 17.8. The van der Waals surface area contributed by atoms with Crippen molar-refractivity contribution in [2.24, 2.45) is 0 Å². The molecule has 0 aliphatic carbocycles. The first-order valence-corrected chi connectivity index (χ1v) is 11.2. The summed E-state index contributed by atoms with van der Waals surface area (Å²) in [5, 5.41) is 5.38. The first-order chi connectivity index (χ1) is 14.3. The van der Waals surface area contributed by atoms with Crippen LogP contribution in [0.4, 0.5) is 11.4 Å². The molecule has 8 nitrogen and oxygen atoms in total. The molecule has 1 aliphatic rings. The van der Waals surface area contributed by atoms with Crippen LogP contribution < -0.4 is 15.4 Å². The molecular weight excluding hydrogens is 406 g/mol. The van der Waals surface area contributed by atoms with Gasteiger partial charge in [-0.25, -0.2) is 8.42 Å². The standard InChI is InChI=1S/C21H25N3O5S/c1-3-29-19-10-9-16(13-20(19)30(27,28)24-11-4-5-12-24)21(26)23-18-8-6-7-17(14-18)22-15(2)25/h6-10,13-14H,3-5,11-12H2,1-2H3,(H,22,25)(H,23,26). The lowest BCUT2D eigenvalue weighted by molar-refractivity contribution is -0.114. The van der Waals surface area contributed by atoms with E-state index in [2.05, 4.69) is 10.6 Å². The van der Waals surface area contributed by atoms with Gasteiger partial charge in [0, 0.05) is 37.0 Å². The predicted molar refractivity (Wildman–Crippen MR) is 114 cm³/mol. The Morgan fingerprint density at radius 2 is 1.70 bits per heavy atom. The summed E-state index contributed by atoms with van der Waals surface area (Å²) in [7, 11) is -3.76. The SMILES string of the molecule is CCOc1ccc(C(=O)Nc2cccc(NC(C)=O)c2)cc1S(=O)(=O)N1CCCC1. The molecule has 2 aromatic rings. The van der Waals surface area contributed by atoms with Crippen LogP contribution in [0.25, 0.3) is 0 Å². The number of nitrogens with one attached hydrogen (secondary N) is 2. The molecule has 0 atom stereocenters. The van der Waals surface area contributed by atoms with E-state index in [1.165, 1.54) is 29.4 Å². The average molecular weight is 432 g/mol. The van der Waals surface area contributed by atoms with Gasteiger partial charge in [-0.15, -0.1) is 0 Å². The molecule has 2 N–H and O–H groups in total. The smallest absolute Gasteiger partial charge is 0.255 e. The molecule has 160 valence electrons. The number of amides is 2. The molecule has 1 fully saturated rings. The second-order valence-corrected chi connectivity index (χ2v) is 8.83. The second kappa shape index (κ2) is 9.27. The van der Waals surface area contributed by atoms with Gasteiger partial charge in [-0.3, -0.25) is 9.59 Å². The zero-order valence-electron chi connectivity index (χ0n) is 17.0. The van der Waals surface area contributed by atoms with Gasteiger partial charge < -0.3 is 15.4 Å². The Kier molecular flexibility index (Phi) is 6.73. The Morgan fingerprint density at radius 3 is 2.33 bits per heavy atom. The van der Waals surface area contributed by atoms with Gasteiger partial charge in [-0.05, 0) is 56.2 Å². The average Bonchev–Trinajstić information content (AvgIpc) is 3.24. The number of rotatable bonds is 7. The van der Waals surface area contributed by atoms with Gasteiger partial charge >= 0.3 is 0 Å². The quantitative estimate of drug-likeness (QED) is 0.701. The number of carbonyl (C=O) groups excluding carboxylic acids is 2. The number of hydrogen-bond donors (Lipinski definition) is 2. The van der Waals surface area contributed by atoms with Crippen molar-refractivity contribution >= 4 is 33.2 Å². The number of benzene rings is 2. The predicted octanol–water partition coefficient (Wildman–Crippen LogP) is 3.08. The van der Waals surface area contributed by atoms with Crippen LogP contribution in [0.3, 0.4) is 0 Å². The third-order valence-corrected chi connectivity index (χ3v) is 6.55. The van der Waals surface area contributed by atoms with Crippen molar-refractivity contribution in [1.29, 1.82) is 0 Å². The van der Waals surface area contributed by atoms with Gasteiger partial charge in [-0.1, -0.05) is 6.07 Å². The third-order valence-electron chi connectivity index (χ3n) is 4.63. The molecule has 9 heteroatoms. The summed E-state index contributed by atoms with van der Waals surface area (Å²) in [6.07, 6.45) is 1.63. The summed E-state index contributed by atoms with van der Waals surface area (Å²) < 4.78 is 33.1. The number of anilines is 2. The molecule has 1 aliphatic heterocycles. The van der Waals surface area contributed by atoms with E-state index in [0.29, 0.717) is 31.1 Å². The lowest BCUT2D eigenvalue weighted by Gasteiger charge is -2.19. The minimum absolute atomic E-state index is 0.00843. The molecule has 2 aromatic carbocycles. The summed E-state index contributed by atoms with van der Waals surface area (Å²) in [6, 6.07) is 11.1. The highest BCUT2D eigenvalue weighted by Crippen LogP contribution is 2.30. The van der Waals surface area contributed by atoms with Crippen LogP contribution >= 0.6 is 0 Å². The van der Waals surface area contributed by atoms with Crippen LogP contribution in [-0.4, -0.2) is 44.2 Å². The Hall–Kier alpha value is -2.91. The topological polar surface area (TPSA) is 105 Å². The van der Waals surface area contributed by atoms with Gasteiger partial charge in [-0.2, -0.15) is 4.31 Å². The maximum Gasteiger partial charge on any atom is 0.255 e. The van der Waals surface area contributed by atoms with Crippen LogP contribution in [-0.2, 0) is 14.8 Å². The number of nitrogens with zero attached hydrogens (tertiary/aromatic N) is 1. The fourth-order valence-electron chi connectivity index (χ4n) is 3.27. The van der Waals surface area contributed by atoms with Crippen molar-refractivity contribution in [3.05, 3.63) is 48.0 Å². The fraction of sp³-hybridized carbons (Fsp3) is 0.333. The highest BCUT2D eigenvalue weighted by Gasteiger charge is 2.30. The van der Waals surface area contributed by atoms with Gasteiger partial charge in [0.25, 0.3) is 5.91 Å². The van der Waals surface area contributed by atoms with Gasteiger partial charge in [0.1, 0.15) is 10.6 Å². The van der Waals surface area contributed by atoms with Gasteiger partial charge in [0.2, 0.25) is 15.9 Å². The summed E-state index contributed by atoms with van der Waals surface area (Å²) in [5.74, 6) is -0.453. The van der Waals surface area contributed by atoms with Crippen molar-refractivity contribution in [3.8, 4) is 5.75 Å². The minimum Gasteiger partial charge on any atom is -0.492 e. The van der Waals surface area contributed by atoms with Crippen molar-refractivity contribution < 1.29 is 22.7 Å². The molecular formula is C21H25N3O5S. The Labute approximate surface area is 176 Å². The fourth-order valence-corrected chi connectivity index (χ4v) is 4.95. The number of sulfonamides is 1. The van der Waals surface area contributed by atoms with Gasteiger partial charge in [0.15, 0.2) is 0 Å². The van der Waals surface area contributed by atoms with Crippen molar-refractivity contribution in [3.63, 3.8) is 0 Å². The van der Waals surface area contributed by atoms with E-state index in [-0.39, 0.29) is 22.1 Å². The van der Waals surface area contributed by atoms with E-state index in [4.69, 9.17) is 4.74 Å². The Bertz CT molecular complexity index is 1050. The molecule has 0 saturated carbocycles. The molecule has 2 amide bonds. The maximum atomic E-state index is 13.1. The molecule has 0 aromatic heterocycles. The van der Waals surface area contributed by atoms with E-state index in [1.54, 1.807) is 31.2 Å². The van der Waals surface area contributed by atoms with Crippen LogP contribution in [0.1, 0.15) is 37.0 Å². The van der Waals surface area contributed by atoms with E-state index in [0.717, 1.165) is 12.8 Å². The molecule has 1 heterocycles. The van der Waals surface area contributed by atoms with E-state index in [1.807, 2.05) is 0 Å². The second-order valence-electron chi connectivity index (χ2n) is 6.92. The summed E-state index contributed by atoms with van der Waals surface area (Å²) in [5.41, 5.74) is 1.22. The first kappa shape index (κ1) is 21.8. The van der Waals surface area contributed by atoms with Crippen LogP contribution in [0, 0.1) is 0 Å². The zero-order chi connectivity index (χ0) is 21.7. The van der Waals surface area contributed by atoms with Gasteiger partial charge in [0.05, 0.1) is 6.61 Å². The monoisotopic (exact) mass is 431 g/mol. The van der Waals surface area contributed by atoms with Crippen LogP contribution in [0.15, 0.2) is 47.4 Å². The summed E-state index contributed by atoms with van der Waals surface area (Å²) >= 11 is 0. The molecule has 0 unspecified atom stereocenters. The van der Waals surface area contributed by atoms with Crippen LogP contribution in [0.5, 0.6) is 5.75 Å². The maximum absolute atomic E-state index is 13.1. The van der Waals surface area contributed by atoms with Crippen LogP contribution in [0.2, 0.25) is 0 Å². The molecule has 30 heavy (non-hydrogen) atoms. The minimum atomic E-state index is -3.76. The molecule has 0 bridgehead atoms. The summed E-state index contributed by atoms with van der Waals surface area (Å²) in [4.78, 5) is 24.0. The van der Waals surface area contributed by atoms with E-state index >= 15 is 0 Å². The highest BCUT2D eigenvalue weighted by atomic mass is 32.2. The lowest BCUT2D eigenvalue weighted by Crippen LogP contribution is -2.28. The largest absolute Gasteiger partial charge is 0.492 e. The van der Waals surface area contributed by atoms with Crippen molar-refractivity contribution in [2.45, 2.75) is 31.6 Å². The highest BCUT2D eigenvalue weighted by molar-refractivity contribution is 7.89. The first-order valence-electron chi connectivity index (χ1n) is 9.77. The third kappa shape index (κ3) is 4.98. The van der Waals surface area contributed by atoms with E-state index < -0.39 is 15.9 Å². The number of carbonyl (C=O) groups is 2. The normalized spacial score (nSPS) is 14.3. The van der Waals surface area contributed by atoms with Crippen molar-refractivity contribution in [1.82, 2.24) is 4.31 Å². The molecule has 0 radical (unpaired) electrons. The number of hydrogen-bond acceptors (Lipinski definition) is 5. The van der Waals surface area contributed by atoms with E-state index in [9.17, 15) is 18.0 Å². The lowest BCUT2D eigenvalue weighted by atomic mass is 10.2. The molecule has 1 saturated heterocycles. The Balaban J connectivity index is 1.89. The molecule has 0 spiro atoms. The molecule has 3 rings (SSSR count). The van der Waals surface area contributed by atoms with Crippen molar-refractivity contribution in [2.75, 3.05) is 30.3 Å². The summed E-state index contributed by atoms with van der Waals surface area (Å²) in [6.45, 7) is 4.40.